The number of thioether (sulfide) groups is 1. The molecule has 0 atom stereocenters. The summed E-state index contributed by atoms with van der Waals surface area (Å²) in [6, 6.07) is 5.64. The van der Waals surface area contributed by atoms with Crippen LogP contribution in [0, 0.1) is 5.82 Å². The standard InChI is InChI=1S/C17H12FN3O4S3/c18-10-3-1-9(2-4-10)5-12-15(25)21(17(26)28-12)7-13(22)20-16-19-11(8-27-16)6-14(23)24/h1-5,8H,6-7H2,(H,23,24)(H,19,20,22)/b12-5-. The normalized spacial score (nSPS) is 15.3. The Morgan fingerprint density at radius 2 is 2.04 bits per heavy atom. The number of carboxylic acid groups (broad SMARTS) is 1. The second-order valence-corrected chi connectivity index (χ2v) is 8.12. The van der Waals surface area contributed by atoms with Gasteiger partial charge in [0.2, 0.25) is 5.91 Å². The monoisotopic (exact) mass is 437 g/mol. The molecular weight excluding hydrogens is 425 g/mol. The van der Waals surface area contributed by atoms with Crippen molar-refractivity contribution in [2.45, 2.75) is 6.42 Å². The van der Waals surface area contributed by atoms with Gasteiger partial charge in [0.25, 0.3) is 5.91 Å². The summed E-state index contributed by atoms with van der Waals surface area (Å²) in [7, 11) is 0. The molecule has 2 aromatic rings. The summed E-state index contributed by atoms with van der Waals surface area (Å²) in [5.41, 5.74) is 0.973. The van der Waals surface area contributed by atoms with Crippen molar-refractivity contribution < 1.29 is 23.9 Å². The number of carboxylic acids is 1. The number of aliphatic carboxylic acids is 1. The molecule has 2 amide bonds. The number of carbonyl (C=O) groups is 3. The van der Waals surface area contributed by atoms with Gasteiger partial charge in [-0.05, 0) is 23.8 Å². The number of carbonyl (C=O) groups excluding carboxylic acids is 2. The molecule has 7 nitrogen and oxygen atoms in total. The lowest BCUT2D eigenvalue weighted by molar-refractivity contribution is -0.136. The summed E-state index contributed by atoms with van der Waals surface area (Å²) in [5.74, 6) is -2.32. The van der Waals surface area contributed by atoms with E-state index >= 15 is 0 Å². The third-order valence-electron chi connectivity index (χ3n) is 3.47. The number of aromatic nitrogens is 1. The number of hydrogen-bond acceptors (Lipinski definition) is 7. The van der Waals surface area contributed by atoms with Crippen LogP contribution in [0.1, 0.15) is 11.3 Å². The number of anilines is 1. The Bertz CT molecular complexity index is 988. The van der Waals surface area contributed by atoms with Gasteiger partial charge in [-0.2, -0.15) is 0 Å². The average molecular weight is 437 g/mol. The molecule has 1 aromatic carbocycles. The zero-order valence-electron chi connectivity index (χ0n) is 14.0. The zero-order chi connectivity index (χ0) is 20.3. The van der Waals surface area contributed by atoms with Crippen LogP contribution in [0.15, 0.2) is 34.6 Å². The lowest BCUT2D eigenvalue weighted by Gasteiger charge is -2.13. The van der Waals surface area contributed by atoms with Crippen LogP contribution in [-0.2, 0) is 20.8 Å². The van der Waals surface area contributed by atoms with Gasteiger partial charge in [-0.25, -0.2) is 9.37 Å². The molecule has 1 aliphatic heterocycles. The first kappa shape index (κ1) is 20.1. The predicted molar refractivity (Wildman–Crippen MR) is 108 cm³/mol. The maximum absolute atomic E-state index is 13.0. The van der Waals surface area contributed by atoms with E-state index in [-0.39, 0.29) is 28.2 Å². The summed E-state index contributed by atoms with van der Waals surface area (Å²) in [6.45, 7) is -0.292. The van der Waals surface area contributed by atoms with Crippen LogP contribution < -0.4 is 5.32 Å². The molecule has 3 rings (SSSR count). The number of benzene rings is 1. The van der Waals surface area contributed by atoms with Crippen molar-refractivity contribution in [2.75, 3.05) is 11.9 Å². The van der Waals surface area contributed by atoms with Gasteiger partial charge in [0.05, 0.1) is 17.0 Å². The van der Waals surface area contributed by atoms with Crippen molar-refractivity contribution in [3.8, 4) is 0 Å². The molecule has 0 spiro atoms. The Morgan fingerprint density at radius 3 is 2.71 bits per heavy atom. The second-order valence-electron chi connectivity index (χ2n) is 5.58. The van der Waals surface area contributed by atoms with Crippen LogP contribution in [0.4, 0.5) is 9.52 Å². The molecule has 144 valence electrons. The first-order chi connectivity index (χ1) is 13.3. The van der Waals surface area contributed by atoms with E-state index in [1.807, 2.05) is 0 Å². The van der Waals surface area contributed by atoms with E-state index in [1.54, 1.807) is 6.08 Å². The quantitative estimate of drug-likeness (QED) is 0.529. The third kappa shape index (κ3) is 5.00. The van der Waals surface area contributed by atoms with Crippen LogP contribution in [-0.4, -0.2) is 43.6 Å². The molecule has 11 heteroatoms. The molecule has 1 aliphatic rings. The minimum absolute atomic E-state index is 0.235. The van der Waals surface area contributed by atoms with Crippen molar-refractivity contribution in [3.05, 3.63) is 51.6 Å². The van der Waals surface area contributed by atoms with Crippen molar-refractivity contribution >= 4 is 68.6 Å². The van der Waals surface area contributed by atoms with Crippen LogP contribution in [0.25, 0.3) is 6.08 Å². The Morgan fingerprint density at radius 1 is 1.32 bits per heavy atom. The SMILES string of the molecule is O=C(O)Cc1csc(NC(=O)CN2C(=O)/C(=C/c3ccc(F)cc3)SC2=S)n1. The number of rotatable bonds is 6. The van der Waals surface area contributed by atoms with Gasteiger partial charge in [0.1, 0.15) is 16.7 Å². The van der Waals surface area contributed by atoms with Crippen LogP contribution >= 0.6 is 35.3 Å². The maximum atomic E-state index is 13.0. The molecule has 0 unspecified atom stereocenters. The fraction of sp³-hybridized carbons (Fsp3) is 0.118. The number of amides is 2. The first-order valence-corrected chi connectivity index (χ1v) is 9.89. The van der Waals surface area contributed by atoms with Crippen molar-refractivity contribution in [2.24, 2.45) is 0 Å². The van der Waals surface area contributed by atoms with E-state index in [4.69, 9.17) is 17.3 Å². The fourth-order valence-electron chi connectivity index (χ4n) is 2.25. The number of hydrogen-bond donors (Lipinski definition) is 2. The maximum Gasteiger partial charge on any atom is 0.309 e. The highest BCUT2D eigenvalue weighted by atomic mass is 32.2. The number of thiocarbonyl (C=S) groups is 1. The van der Waals surface area contributed by atoms with Gasteiger partial charge in [-0.15, -0.1) is 11.3 Å². The summed E-state index contributed by atoms with van der Waals surface area (Å²) in [4.78, 5) is 40.9. The summed E-state index contributed by atoms with van der Waals surface area (Å²) >= 11 is 7.33. The summed E-state index contributed by atoms with van der Waals surface area (Å²) in [6.07, 6.45) is 1.34. The molecule has 0 radical (unpaired) electrons. The van der Waals surface area contributed by atoms with E-state index in [9.17, 15) is 18.8 Å². The van der Waals surface area contributed by atoms with Gasteiger partial charge in [-0.3, -0.25) is 19.3 Å². The zero-order valence-corrected chi connectivity index (χ0v) is 16.5. The molecule has 0 aliphatic carbocycles. The van der Waals surface area contributed by atoms with Gasteiger partial charge >= 0.3 is 5.97 Å². The van der Waals surface area contributed by atoms with Gasteiger partial charge < -0.3 is 10.4 Å². The molecule has 0 saturated carbocycles. The van der Waals surface area contributed by atoms with Gasteiger partial charge in [0.15, 0.2) is 5.13 Å². The molecule has 2 N–H and O–H groups in total. The minimum Gasteiger partial charge on any atom is -0.481 e. The predicted octanol–water partition coefficient (Wildman–Crippen LogP) is 2.75. The minimum atomic E-state index is -1.02. The highest BCUT2D eigenvalue weighted by molar-refractivity contribution is 8.26. The molecule has 1 fully saturated rings. The van der Waals surface area contributed by atoms with Crippen LogP contribution in [0.5, 0.6) is 0 Å². The molecular formula is C17H12FN3O4S3. The number of nitrogens with zero attached hydrogens (tertiary/aromatic N) is 2. The molecule has 1 saturated heterocycles. The lowest BCUT2D eigenvalue weighted by Crippen LogP contribution is -2.36. The summed E-state index contributed by atoms with van der Waals surface area (Å²) in [5, 5.41) is 13.0. The average Bonchev–Trinajstić information content (AvgIpc) is 3.15. The number of thiazole rings is 1. The van der Waals surface area contributed by atoms with E-state index in [2.05, 4.69) is 10.3 Å². The number of nitrogens with one attached hydrogen (secondary N) is 1. The Balaban J connectivity index is 1.63. The molecule has 28 heavy (non-hydrogen) atoms. The van der Waals surface area contributed by atoms with E-state index < -0.39 is 17.8 Å². The Hall–Kier alpha value is -2.63. The first-order valence-electron chi connectivity index (χ1n) is 7.79. The van der Waals surface area contributed by atoms with Crippen LogP contribution in [0.2, 0.25) is 0 Å². The Kier molecular flexibility index (Phi) is 6.17. The topological polar surface area (TPSA) is 99.6 Å². The van der Waals surface area contributed by atoms with Crippen LogP contribution in [0.3, 0.4) is 0 Å². The highest BCUT2D eigenvalue weighted by Gasteiger charge is 2.33. The summed E-state index contributed by atoms with van der Waals surface area (Å²) < 4.78 is 13.2. The van der Waals surface area contributed by atoms with E-state index in [0.29, 0.717) is 16.2 Å². The molecule has 2 heterocycles. The van der Waals surface area contributed by atoms with Gasteiger partial charge in [0, 0.05) is 5.38 Å². The highest BCUT2D eigenvalue weighted by Crippen LogP contribution is 2.32. The largest absolute Gasteiger partial charge is 0.481 e. The van der Waals surface area contributed by atoms with E-state index in [1.165, 1.54) is 29.6 Å². The second kappa shape index (κ2) is 8.59. The Labute approximate surface area is 172 Å². The fourth-order valence-corrected chi connectivity index (χ4v) is 4.23. The van der Waals surface area contributed by atoms with Gasteiger partial charge in [-0.1, -0.05) is 36.1 Å². The van der Waals surface area contributed by atoms with Crippen molar-refractivity contribution in [3.63, 3.8) is 0 Å². The smallest absolute Gasteiger partial charge is 0.309 e. The molecule has 0 bridgehead atoms. The van der Waals surface area contributed by atoms with Crippen molar-refractivity contribution in [1.82, 2.24) is 9.88 Å². The lowest BCUT2D eigenvalue weighted by atomic mass is 10.2. The van der Waals surface area contributed by atoms with E-state index in [0.717, 1.165) is 28.0 Å². The number of halogens is 1. The third-order valence-corrected chi connectivity index (χ3v) is 5.66. The molecule has 1 aromatic heterocycles. The van der Waals surface area contributed by atoms with Crippen molar-refractivity contribution in [1.29, 1.82) is 0 Å².